The molecule has 2 atom stereocenters. The molecule has 4 rings (SSSR count). The lowest BCUT2D eigenvalue weighted by Gasteiger charge is -2.42. The van der Waals surface area contributed by atoms with E-state index in [9.17, 15) is 0 Å². The molecular formula is C19H25N3O. The van der Waals surface area contributed by atoms with Crippen molar-refractivity contribution in [3.05, 3.63) is 36.0 Å². The van der Waals surface area contributed by atoms with Crippen molar-refractivity contribution < 1.29 is 4.74 Å². The number of fused-ring (bicyclic) bond motifs is 2. The Labute approximate surface area is 138 Å². The van der Waals surface area contributed by atoms with E-state index >= 15 is 0 Å². The summed E-state index contributed by atoms with van der Waals surface area (Å²) >= 11 is 0. The maximum absolute atomic E-state index is 5.29. The average molecular weight is 311 g/mol. The van der Waals surface area contributed by atoms with Gasteiger partial charge in [0.25, 0.3) is 0 Å². The van der Waals surface area contributed by atoms with Gasteiger partial charge < -0.3 is 4.74 Å². The Hall–Kier alpha value is -1.65. The largest absolute Gasteiger partial charge is 0.497 e. The SMILES string of the molecule is COc1ccc2nc(CN3C[C@@H]4CCCN4C[C@@H]3C)ccc2c1. The predicted octanol–water partition coefficient (Wildman–Crippen LogP) is 2.91. The summed E-state index contributed by atoms with van der Waals surface area (Å²) in [6, 6.07) is 11.8. The van der Waals surface area contributed by atoms with Gasteiger partial charge >= 0.3 is 0 Å². The van der Waals surface area contributed by atoms with E-state index in [1.54, 1.807) is 7.11 Å². The van der Waals surface area contributed by atoms with Gasteiger partial charge in [0.15, 0.2) is 0 Å². The first-order valence-corrected chi connectivity index (χ1v) is 8.65. The molecule has 0 saturated carbocycles. The fourth-order valence-corrected chi connectivity index (χ4v) is 4.04. The Bertz CT molecular complexity index is 702. The predicted molar refractivity (Wildman–Crippen MR) is 92.8 cm³/mol. The average Bonchev–Trinajstić information content (AvgIpc) is 3.01. The summed E-state index contributed by atoms with van der Waals surface area (Å²) in [4.78, 5) is 10.1. The highest BCUT2D eigenvalue weighted by Crippen LogP contribution is 2.26. The van der Waals surface area contributed by atoms with Gasteiger partial charge in [0, 0.05) is 37.1 Å². The Balaban J connectivity index is 1.52. The van der Waals surface area contributed by atoms with Crippen molar-refractivity contribution >= 4 is 10.9 Å². The first-order chi connectivity index (χ1) is 11.2. The first-order valence-electron chi connectivity index (χ1n) is 8.65. The van der Waals surface area contributed by atoms with Gasteiger partial charge in [-0.1, -0.05) is 6.07 Å². The van der Waals surface area contributed by atoms with Crippen LogP contribution in [0.2, 0.25) is 0 Å². The normalized spacial score (nSPS) is 25.7. The van der Waals surface area contributed by atoms with Crippen LogP contribution in [0, 0.1) is 0 Å². The second kappa shape index (κ2) is 6.10. The summed E-state index contributed by atoms with van der Waals surface area (Å²) in [7, 11) is 1.70. The molecule has 0 N–H and O–H groups in total. The molecule has 4 nitrogen and oxygen atoms in total. The highest BCUT2D eigenvalue weighted by Gasteiger charge is 2.34. The Kier molecular flexibility index (Phi) is 3.95. The molecule has 1 aromatic carbocycles. The van der Waals surface area contributed by atoms with Gasteiger partial charge in [-0.3, -0.25) is 14.8 Å². The highest BCUT2D eigenvalue weighted by molar-refractivity contribution is 5.80. The van der Waals surface area contributed by atoms with Crippen LogP contribution in [0.15, 0.2) is 30.3 Å². The van der Waals surface area contributed by atoms with Crippen molar-refractivity contribution in [3.63, 3.8) is 0 Å². The van der Waals surface area contributed by atoms with Crippen molar-refractivity contribution in [1.29, 1.82) is 0 Å². The molecule has 3 heterocycles. The Morgan fingerprint density at radius 1 is 1.22 bits per heavy atom. The molecule has 23 heavy (non-hydrogen) atoms. The number of methoxy groups -OCH3 is 1. The van der Waals surface area contributed by atoms with Crippen LogP contribution in [0.1, 0.15) is 25.5 Å². The number of hydrogen-bond donors (Lipinski definition) is 0. The Morgan fingerprint density at radius 2 is 2.13 bits per heavy atom. The molecule has 2 aromatic rings. The fourth-order valence-electron chi connectivity index (χ4n) is 4.04. The number of aromatic nitrogens is 1. The lowest BCUT2D eigenvalue weighted by molar-refractivity contribution is 0.0532. The number of hydrogen-bond acceptors (Lipinski definition) is 4. The van der Waals surface area contributed by atoms with Crippen molar-refractivity contribution in [2.45, 2.75) is 38.4 Å². The summed E-state index contributed by atoms with van der Waals surface area (Å²) in [5.41, 5.74) is 2.22. The van der Waals surface area contributed by atoms with E-state index in [1.807, 2.05) is 12.1 Å². The molecule has 0 amide bonds. The minimum absolute atomic E-state index is 0.609. The molecule has 0 radical (unpaired) electrons. The molecule has 0 bridgehead atoms. The lowest BCUT2D eigenvalue weighted by atomic mass is 10.1. The third-order valence-electron chi connectivity index (χ3n) is 5.39. The number of ether oxygens (including phenoxy) is 1. The lowest BCUT2D eigenvalue weighted by Crippen LogP contribution is -2.54. The van der Waals surface area contributed by atoms with E-state index in [-0.39, 0.29) is 0 Å². The van der Waals surface area contributed by atoms with Crippen molar-refractivity contribution in [2.24, 2.45) is 0 Å². The highest BCUT2D eigenvalue weighted by atomic mass is 16.5. The van der Waals surface area contributed by atoms with E-state index in [0.717, 1.165) is 29.2 Å². The van der Waals surface area contributed by atoms with Gasteiger partial charge in [-0.25, -0.2) is 0 Å². The number of rotatable bonds is 3. The third-order valence-corrected chi connectivity index (χ3v) is 5.39. The van der Waals surface area contributed by atoms with Gasteiger partial charge in [-0.05, 0) is 50.6 Å². The third kappa shape index (κ3) is 2.93. The van der Waals surface area contributed by atoms with Crippen LogP contribution in [0.25, 0.3) is 10.9 Å². The molecule has 0 aliphatic carbocycles. The van der Waals surface area contributed by atoms with Crippen LogP contribution in [0.4, 0.5) is 0 Å². The molecule has 2 fully saturated rings. The van der Waals surface area contributed by atoms with Crippen molar-refractivity contribution in [2.75, 3.05) is 26.7 Å². The smallest absolute Gasteiger partial charge is 0.119 e. The van der Waals surface area contributed by atoms with E-state index in [2.05, 4.69) is 34.9 Å². The summed E-state index contributed by atoms with van der Waals surface area (Å²) < 4.78 is 5.29. The second-order valence-corrected chi connectivity index (χ2v) is 6.93. The van der Waals surface area contributed by atoms with Crippen LogP contribution < -0.4 is 4.74 Å². The van der Waals surface area contributed by atoms with Gasteiger partial charge in [-0.2, -0.15) is 0 Å². The monoisotopic (exact) mass is 311 g/mol. The molecule has 2 aliphatic rings. The number of nitrogens with zero attached hydrogens (tertiary/aromatic N) is 3. The number of pyridine rings is 1. The number of piperazine rings is 1. The molecule has 2 aliphatic heterocycles. The standard InChI is InChI=1S/C19H25N3O/c1-14-11-21-9-3-4-17(21)13-22(14)12-16-6-5-15-10-18(23-2)7-8-19(15)20-16/h5-8,10,14,17H,3-4,9,11-13H2,1-2H3/t14-,17-/m0/s1. The zero-order chi connectivity index (χ0) is 15.8. The van der Waals surface area contributed by atoms with E-state index in [4.69, 9.17) is 9.72 Å². The maximum Gasteiger partial charge on any atom is 0.119 e. The number of benzene rings is 1. The Morgan fingerprint density at radius 3 is 3.00 bits per heavy atom. The summed E-state index contributed by atoms with van der Waals surface area (Å²) in [5.74, 6) is 0.887. The molecular weight excluding hydrogens is 286 g/mol. The summed E-state index contributed by atoms with van der Waals surface area (Å²) in [6.45, 7) is 6.98. The minimum Gasteiger partial charge on any atom is -0.497 e. The van der Waals surface area contributed by atoms with Crippen molar-refractivity contribution in [1.82, 2.24) is 14.8 Å². The molecule has 122 valence electrons. The van der Waals surface area contributed by atoms with Crippen LogP contribution in [0.3, 0.4) is 0 Å². The quantitative estimate of drug-likeness (QED) is 0.871. The molecule has 1 aromatic heterocycles. The summed E-state index contributed by atoms with van der Waals surface area (Å²) in [6.07, 6.45) is 2.72. The zero-order valence-electron chi connectivity index (χ0n) is 14.0. The van der Waals surface area contributed by atoms with E-state index in [0.29, 0.717) is 6.04 Å². The van der Waals surface area contributed by atoms with Crippen molar-refractivity contribution in [3.8, 4) is 5.75 Å². The van der Waals surface area contributed by atoms with Crippen LogP contribution in [-0.4, -0.2) is 53.6 Å². The van der Waals surface area contributed by atoms with Gasteiger partial charge in [0.2, 0.25) is 0 Å². The second-order valence-electron chi connectivity index (χ2n) is 6.93. The first kappa shape index (κ1) is 14.9. The van der Waals surface area contributed by atoms with Gasteiger partial charge in [-0.15, -0.1) is 0 Å². The topological polar surface area (TPSA) is 28.6 Å². The zero-order valence-corrected chi connectivity index (χ0v) is 14.0. The van der Waals surface area contributed by atoms with Crippen LogP contribution >= 0.6 is 0 Å². The van der Waals surface area contributed by atoms with Gasteiger partial charge in [0.1, 0.15) is 5.75 Å². The van der Waals surface area contributed by atoms with Gasteiger partial charge in [0.05, 0.1) is 18.3 Å². The van der Waals surface area contributed by atoms with E-state index in [1.165, 1.54) is 38.2 Å². The molecule has 0 spiro atoms. The molecule has 4 heteroatoms. The minimum atomic E-state index is 0.609. The van der Waals surface area contributed by atoms with Crippen LogP contribution in [0.5, 0.6) is 5.75 Å². The maximum atomic E-state index is 5.29. The fraction of sp³-hybridized carbons (Fsp3) is 0.526. The summed E-state index contributed by atoms with van der Waals surface area (Å²) in [5, 5.41) is 1.14. The molecule has 2 saturated heterocycles. The van der Waals surface area contributed by atoms with E-state index < -0.39 is 0 Å². The molecule has 0 unspecified atom stereocenters. The van der Waals surface area contributed by atoms with Crippen LogP contribution in [-0.2, 0) is 6.54 Å².